The van der Waals surface area contributed by atoms with Crippen LogP contribution in [0, 0.1) is 12.3 Å². The number of carbonyl (C=O) groups is 3. The normalized spacial score (nSPS) is 17.7. The summed E-state index contributed by atoms with van der Waals surface area (Å²) < 4.78 is 17.6. The zero-order valence-corrected chi connectivity index (χ0v) is 25.7. The van der Waals surface area contributed by atoms with Crippen LogP contribution < -0.4 is 5.32 Å². The second-order valence-corrected chi connectivity index (χ2v) is 12.7. The van der Waals surface area contributed by atoms with Gasteiger partial charge in [-0.05, 0) is 81.3 Å². The lowest BCUT2D eigenvalue weighted by Crippen LogP contribution is -2.41. The van der Waals surface area contributed by atoms with Gasteiger partial charge in [-0.15, -0.1) is 0 Å². The Labute approximate surface area is 250 Å². The Morgan fingerprint density at radius 2 is 1.88 bits per heavy atom. The molecule has 1 aliphatic heterocycles. The van der Waals surface area contributed by atoms with E-state index >= 15 is 0 Å². The highest BCUT2D eigenvalue weighted by molar-refractivity contribution is 6.01. The Balaban J connectivity index is 1.49. The molecule has 0 aromatic carbocycles. The van der Waals surface area contributed by atoms with E-state index in [0.29, 0.717) is 22.5 Å². The van der Waals surface area contributed by atoms with Crippen LogP contribution in [0.15, 0.2) is 34.7 Å². The van der Waals surface area contributed by atoms with E-state index in [9.17, 15) is 14.4 Å². The number of carbonyl (C=O) groups excluding carboxylic acids is 3. The number of nitrogens with one attached hydrogen (secondary N) is 1. The first kappa shape index (κ1) is 30.2. The van der Waals surface area contributed by atoms with Crippen LogP contribution >= 0.6 is 0 Å². The molecule has 3 aromatic heterocycles. The lowest BCUT2D eigenvalue weighted by atomic mass is 9.69. The lowest BCUT2D eigenvalue weighted by Gasteiger charge is -2.40. The summed E-state index contributed by atoms with van der Waals surface area (Å²) >= 11 is 0. The number of imidazole rings is 1. The van der Waals surface area contributed by atoms with Gasteiger partial charge < -0.3 is 19.2 Å². The standard InChI is InChI=1S/C31H40N6O6/c1-7-41-28(39)22-17-37(29(40)42-30(3,4)5)16-21(22)20-11-14-36-18-23(32-24(36)15-20)26(31(6)12-9-8-10-13-31)33-27(38)25-19(2)34-43-35-25/h11,14-15,18,26H,7-10,12-13,16-17H2,1-6H3,(H,33,38). The monoisotopic (exact) mass is 592 g/mol. The molecule has 0 saturated heterocycles. The third kappa shape index (κ3) is 6.42. The van der Waals surface area contributed by atoms with Gasteiger partial charge in [0.05, 0.1) is 37.0 Å². The molecule has 1 atom stereocenters. The van der Waals surface area contributed by atoms with Crippen molar-refractivity contribution in [2.45, 2.75) is 85.3 Å². The van der Waals surface area contributed by atoms with Crippen molar-refractivity contribution < 1.29 is 28.5 Å². The van der Waals surface area contributed by atoms with Crippen LogP contribution in [0.2, 0.25) is 0 Å². The Morgan fingerprint density at radius 1 is 1.14 bits per heavy atom. The largest absolute Gasteiger partial charge is 0.463 e. The zero-order valence-electron chi connectivity index (χ0n) is 25.7. The van der Waals surface area contributed by atoms with E-state index in [1.807, 2.05) is 28.9 Å². The van der Waals surface area contributed by atoms with E-state index in [-0.39, 0.29) is 42.8 Å². The molecule has 3 aromatic rings. The first-order valence-electron chi connectivity index (χ1n) is 14.8. The molecule has 12 nitrogen and oxygen atoms in total. The third-order valence-electron chi connectivity index (χ3n) is 8.19. The van der Waals surface area contributed by atoms with Crippen molar-refractivity contribution in [1.29, 1.82) is 0 Å². The van der Waals surface area contributed by atoms with Crippen molar-refractivity contribution in [3.05, 3.63) is 52.7 Å². The molecule has 1 unspecified atom stereocenters. The van der Waals surface area contributed by atoms with Crippen LogP contribution in [0.25, 0.3) is 11.2 Å². The number of ether oxygens (including phenoxy) is 2. The van der Waals surface area contributed by atoms with Crippen LogP contribution in [-0.2, 0) is 14.3 Å². The van der Waals surface area contributed by atoms with Gasteiger partial charge >= 0.3 is 12.1 Å². The minimum atomic E-state index is -0.668. The molecule has 1 fully saturated rings. The molecule has 43 heavy (non-hydrogen) atoms. The van der Waals surface area contributed by atoms with Gasteiger partial charge in [0.25, 0.3) is 5.91 Å². The number of fused-ring (bicyclic) bond motifs is 1. The Bertz CT molecular complexity index is 1560. The maximum absolute atomic E-state index is 13.3. The number of aryl methyl sites for hydroxylation is 1. The van der Waals surface area contributed by atoms with Crippen LogP contribution in [-0.4, -0.2) is 67.9 Å². The van der Waals surface area contributed by atoms with E-state index in [1.165, 1.54) is 4.90 Å². The summed E-state index contributed by atoms with van der Waals surface area (Å²) in [7, 11) is 0. The zero-order chi connectivity index (χ0) is 30.9. The number of amides is 2. The molecule has 4 heterocycles. The van der Waals surface area contributed by atoms with Gasteiger partial charge in [-0.3, -0.25) is 9.69 Å². The molecule has 0 spiro atoms. The highest BCUT2D eigenvalue weighted by atomic mass is 16.6. The predicted octanol–water partition coefficient (Wildman–Crippen LogP) is 5.03. The maximum atomic E-state index is 13.3. The molecule has 230 valence electrons. The smallest absolute Gasteiger partial charge is 0.410 e. The van der Waals surface area contributed by atoms with E-state index in [2.05, 4.69) is 22.6 Å². The molecule has 5 rings (SSSR count). The van der Waals surface area contributed by atoms with E-state index in [0.717, 1.165) is 43.4 Å². The van der Waals surface area contributed by atoms with Crippen molar-refractivity contribution in [2.75, 3.05) is 19.7 Å². The van der Waals surface area contributed by atoms with Gasteiger partial charge in [-0.25, -0.2) is 19.2 Å². The molecule has 1 aliphatic carbocycles. The average molecular weight is 593 g/mol. The highest BCUT2D eigenvalue weighted by Gasteiger charge is 2.40. The molecule has 1 N–H and O–H groups in total. The van der Waals surface area contributed by atoms with Crippen LogP contribution in [0.1, 0.15) is 100 Å². The minimum absolute atomic E-state index is 0.0940. The lowest BCUT2D eigenvalue weighted by molar-refractivity contribution is -0.138. The quantitative estimate of drug-likeness (QED) is 0.374. The molecule has 1 saturated carbocycles. The molecular weight excluding hydrogens is 552 g/mol. The van der Waals surface area contributed by atoms with Gasteiger partial charge in [0.2, 0.25) is 0 Å². The summed E-state index contributed by atoms with van der Waals surface area (Å²) in [4.78, 5) is 45.6. The topological polar surface area (TPSA) is 141 Å². The Kier molecular flexibility index (Phi) is 8.31. The highest BCUT2D eigenvalue weighted by Crippen LogP contribution is 2.45. The first-order valence-corrected chi connectivity index (χ1v) is 14.8. The van der Waals surface area contributed by atoms with Gasteiger partial charge in [0.15, 0.2) is 5.69 Å². The summed E-state index contributed by atoms with van der Waals surface area (Å²) in [6, 6.07) is 3.42. The molecule has 0 radical (unpaired) electrons. The van der Waals surface area contributed by atoms with Gasteiger partial charge in [-0.1, -0.05) is 31.3 Å². The fourth-order valence-corrected chi connectivity index (χ4v) is 5.97. The average Bonchev–Trinajstić information content (AvgIpc) is 3.68. The fourth-order valence-electron chi connectivity index (χ4n) is 5.97. The number of nitrogens with zero attached hydrogens (tertiary/aromatic N) is 5. The minimum Gasteiger partial charge on any atom is -0.463 e. The number of esters is 1. The number of hydrogen-bond acceptors (Lipinski definition) is 9. The van der Waals surface area contributed by atoms with Crippen LogP contribution in [0.3, 0.4) is 0 Å². The second-order valence-electron chi connectivity index (χ2n) is 12.7. The fraction of sp³-hybridized carbons (Fsp3) is 0.548. The van der Waals surface area contributed by atoms with Gasteiger partial charge in [0.1, 0.15) is 16.9 Å². The number of rotatable bonds is 7. The molecule has 2 aliphatic rings. The number of pyridine rings is 1. The molecule has 0 bridgehead atoms. The third-order valence-corrected chi connectivity index (χ3v) is 8.19. The van der Waals surface area contributed by atoms with Gasteiger partial charge in [-0.2, -0.15) is 0 Å². The van der Waals surface area contributed by atoms with Crippen LogP contribution in [0.4, 0.5) is 4.79 Å². The van der Waals surface area contributed by atoms with Crippen molar-refractivity contribution in [3.8, 4) is 0 Å². The number of hydrogen-bond donors (Lipinski definition) is 1. The first-order chi connectivity index (χ1) is 20.4. The number of aromatic nitrogens is 4. The van der Waals surface area contributed by atoms with Crippen molar-refractivity contribution in [3.63, 3.8) is 0 Å². The molecular formula is C31H40N6O6. The van der Waals surface area contributed by atoms with Gasteiger partial charge in [0, 0.05) is 12.4 Å². The summed E-state index contributed by atoms with van der Waals surface area (Å²) in [6.07, 6.45) is 8.52. The summed E-state index contributed by atoms with van der Waals surface area (Å²) in [5.41, 5.74) is 2.94. The van der Waals surface area contributed by atoms with E-state index < -0.39 is 17.7 Å². The summed E-state index contributed by atoms with van der Waals surface area (Å²) in [5, 5.41) is 10.7. The van der Waals surface area contributed by atoms with E-state index in [1.54, 1.807) is 34.6 Å². The SMILES string of the molecule is CCOC(=O)C1=C(c2ccn3cc(C(NC(=O)c4nonc4C)C4(C)CCCCC4)nc3c2)CN(C(=O)OC(C)(C)C)C1. The van der Waals surface area contributed by atoms with E-state index in [4.69, 9.17) is 19.1 Å². The van der Waals surface area contributed by atoms with Crippen LogP contribution in [0.5, 0.6) is 0 Å². The Hall–Kier alpha value is -4.22. The Morgan fingerprint density at radius 3 is 2.53 bits per heavy atom. The summed E-state index contributed by atoms with van der Waals surface area (Å²) in [5.74, 6) is -0.816. The maximum Gasteiger partial charge on any atom is 0.410 e. The molecule has 2 amide bonds. The molecule has 12 heteroatoms. The van der Waals surface area contributed by atoms with Crippen molar-refractivity contribution >= 4 is 29.2 Å². The predicted molar refractivity (Wildman–Crippen MR) is 157 cm³/mol. The van der Waals surface area contributed by atoms with Crippen molar-refractivity contribution in [1.82, 2.24) is 29.9 Å². The second kappa shape index (κ2) is 11.8. The summed E-state index contributed by atoms with van der Waals surface area (Å²) in [6.45, 7) is 11.6. The van der Waals surface area contributed by atoms with Crippen molar-refractivity contribution in [2.24, 2.45) is 5.41 Å².